The van der Waals surface area contributed by atoms with Crippen LogP contribution in [0, 0.1) is 0 Å². The Bertz CT molecular complexity index is 430. The second-order valence-corrected chi connectivity index (χ2v) is 4.10. The topological polar surface area (TPSA) is 58.6 Å². The molecule has 18 heavy (non-hydrogen) atoms. The van der Waals surface area contributed by atoms with E-state index in [1.165, 1.54) is 4.90 Å². The fourth-order valence-electron chi connectivity index (χ4n) is 1.39. The van der Waals surface area contributed by atoms with Crippen LogP contribution in [0.2, 0.25) is 0 Å². The van der Waals surface area contributed by atoms with Crippen molar-refractivity contribution in [3.05, 3.63) is 35.4 Å². The summed E-state index contributed by atoms with van der Waals surface area (Å²) in [7, 11) is 4.89. The lowest BCUT2D eigenvalue weighted by molar-refractivity contribution is -0.127. The molecule has 1 aromatic rings. The van der Waals surface area contributed by atoms with Crippen LogP contribution in [0.4, 0.5) is 0 Å². The highest BCUT2D eigenvalue weighted by Gasteiger charge is 2.09. The third kappa shape index (κ3) is 4.18. The second-order valence-electron chi connectivity index (χ2n) is 4.10. The van der Waals surface area contributed by atoms with E-state index >= 15 is 0 Å². The largest absolute Gasteiger partial charge is 0.380 e. The van der Waals surface area contributed by atoms with Crippen molar-refractivity contribution in [3.8, 4) is 0 Å². The van der Waals surface area contributed by atoms with E-state index in [0.29, 0.717) is 12.2 Å². The van der Waals surface area contributed by atoms with Crippen LogP contribution in [0.3, 0.4) is 0 Å². The lowest BCUT2D eigenvalue weighted by atomic mass is 10.1. The number of carbonyl (C=O) groups is 2. The Morgan fingerprint density at radius 2 is 2.06 bits per heavy atom. The molecular weight excluding hydrogens is 232 g/mol. The van der Waals surface area contributed by atoms with E-state index in [4.69, 9.17) is 4.74 Å². The van der Waals surface area contributed by atoms with Gasteiger partial charge in [-0.2, -0.15) is 0 Å². The average molecular weight is 250 g/mol. The summed E-state index contributed by atoms with van der Waals surface area (Å²) < 4.78 is 5.00. The maximum atomic E-state index is 11.8. The third-order valence-electron chi connectivity index (χ3n) is 2.40. The molecule has 0 heterocycles. The zero-order valence-electron chi connectivity index (χ0n) is 10.9. The minimum absolute atomic E-state index is 0.000336. The Hall–Kier alpha value is -1.88. The van der Waals surface area contributed by atoms with Crippen molar-refractivity contribution in [3.63, 3.8) is 0 Å². The zero-order chi connectivity index (χ0) is 13.5. The number of benzene rings is 1. The van der Waals surface area contributed by atoms with Crippen LogP contribution in [-0.2, 0) is 16.1 Å². The number of hydrogen-bond donors (Lipinski definition) is 1. The number of nitrogens with zero attached hydrogens (tertiary/aromatic N) is 1. The van der Waals surface area contributed by atoms with Gasteiger partial charge in [-0.3, -0.25) is 9.59 Å². The Morgan fingerprint density at radius 1 is 1.33 bits per heavy atom. The van der Waals surface area contributed by atoms with Crippen LogP contribution in [0.15, 0.2) is 24.3 Å². The van der Waals surface area contributed by atoms with Crippen LogP contribution in [0.25, 0.3) is 0 Å². The summed E-state index contributed by atoms with van der Waals surface area (Å²) >= 11 is 0. The highest BCUT2D eigenvalue weighted by atomic mass is 16.5. The van der Waals surface area contributed by atoms with Gasteiger partial charge in [0.15, 0.2) is 0 Å². The monoisotopic (exact) mass is 250 g/mol. The number of rotatable bonds is 5. The van der Waals surface area contributed by atoms with Crippen LogP contribution >= 0.6 is 0 Å². The van der Waals surface area contributed by atoms with Crippen molar-refractivity contribution >= 4 is 11.8 Å². The molecule has 98 valence electrons. The minimum atomic E-state index is -0.261. The summed E-state index contributed by atoms with van der Waals surface area (Å²) in [6.45, 7) is 0.456. The van der Waals surface area contributed by atoms with Gasteiger partial charge in [-0.25, -0.2) is 0 Å². The summed E-state index contributed by atoms with van der Waals surface area (Å²) in [6, 6.07) is 7.12. The van der Waals surface area contributed by atoms with Crippen molar-refractivity contribution in [2.24, 2.45) is 0 Å². The van der Waals surface area contributed by atoms with Crippen LogP contribution in [0.1, 0.15) is 15.9 Å². The van der Waals surface area contributed by atoms with E-state index in [2.05, 4.69) is 5.32 Å². The van der Waals surface area contributed by atoms with Crippen LogP contribution in [0.5, 0.6) is 0 Å². The van der Waals surface area contributed by atoms with Gasteiger partial charge in [0.25, 0.3) is 5.91 Å². The molecule has 0 saturated carbocycles. The normalized spacial score (nSPS) is 9.94. The molecule has 5 heteroatoms. The Labute approximate surface area is 107 Å². The van der Waals surface area contributed by atoms with Crippen molar-refractivity contribution in [1.82, 2.24) is 10.2 Å². The minimum Gasteiger partial charge on any atom is -0.380 e. The molecular formula is C13H18N2O3. The summed E-state index contributed by atoms with van der Waals surface area (Å²) in [5, 5.41) is 2.58. The summed E-state index contributed by atoms with van der Waals surface area (Å²) in [5.74, 6) is -0.403. The zero-order valence-corrected chi connectivity index (χ0v) is 10.9. The van der Waals surface area contributed by atoms with Crippen LogP contribution in [-0.4, -0.2) is 44.5 Å². The number of amides is 2. The van der Waals surface area contributed by atoms with E-state index in [9.17, 15) is 9.59 Å². The highest BCUT2D eigenvalue weighted by molar-refractivity contribution is 5.96. The van der Waals surface area contributed by atoms with Gasteiger partial charge in [-0.15, -0.1) is 0 Å². The van der Waals surface area contributed by atoms with E-state index in [-0.39, 0.29) is 18.4 Å². The first-order valence-corrected chi connectivity index (χ1v) is 5.61. The van der Waals surface area contributed by atoms with Crippen molar-refractivity contribution in [1.29, 1.82) is 0 Å². The van der Waals surface area contributed by atoms with Gasteiger partial charge in [0.1, 0.15) is 0 Å². The predicted octanol–water partition coefficient (Wildman–Crippen LogP) is 0.651. The van der Waals surface area contributed by atoms with Gasteiger partial charge in [0.05, 0.1) is 13.2 Å². The number of nitrogens with one attached hydrogen (secondary N) is 1. The molecule has 0 saturated heterocycles. The van der Waals surface area contributed by atoms with E-state index in [0.717, 1.165) is 5.56 Å². The second kappa shape index (κ2) is 6.76. The Balaban J connectivity index is 2.61. The van der Waals surface area contributed by atoms with Gasteiger partial charge < -0.3 is 15.0 Å². The van der Waals surface area contributed by atoms with Crippen molar-refractivity contribution in [2.75, 3.05) is 27.7 Å². The molecule has 0 spiro atoms. The summed E-state index contributed by atoms with van der Waals surface area (Å²) in [4.78, 5) is 24.6. The molecule has 0 radical (unpaired) electrons. The quantitative estimate of drug-likeness (QED) is 0.834. The molecule has 0 aliphatic heterocycles. The molecule has 0 aliphatic carbocycles. The number of carbonyl (C=O) groups excluding carboxylic acids is 2. The molecule has 0 bridgehead atoms. The van der Waals surface area contributed by atoms with Gasteiger partial charge in [0, 0.05) is 26.8 Å². The molecule has 0 aliphatic rings. The predicted molar refractivity (Wildman–Crippen MR) is 68.2 cm³/mol. The molecule has 0 fully saturated rings. The fraction of sp³-hybridized carbons (Fsp3) is 0.385. The highest BCUT2D eigenvalue weighted by Crippen LogP contribution is 2.06. The Morgan fingerprint density at radius 3 is 2.67 bits per heavy atom. The number of ether oxygens (including phenoxy) is 1. The van der Waals surface area contributed by atoms with Gasteiger partial charge in [-0.05, 0) is 17.7 Å². The molecule has 0 aromatic heterocycles. The first kappa shape index (κ1) is 14.2. The van der Waals surface area contributed by atoms with Gasteiger partial charge in [-0.1, -0.05) is 12.1 Å². The van der Waals surface area contributed by atoms with E-state index in [1.54, 1.807) is 39.4 Å². The smallest absolute Gasteiger partial charge is 0.251 e. The first-order valence-electron chi connectivity index (χ1n) is 5.61. The maximum Gasteiger partial charge on any atom is 0.251 e. The standard InChI is InChI=1S/C13H18N2O3/c1-15(2)12(16)8-14-13(17)11-6-4-5-10(7-11)9-18-3/h4-7H,8-9H2,1-3H3,(H,14,17). The molecule has 0 atom stereocenters. The third-order valence-corrected chi connectivity index (χ3v) is 2.40. The van der Waals surface area contributed by atoms with Gasteiger partial charge >= 0.3 is 0 Å². The summed E-state index contributed by atoms with van der Waals surface area (Å²) in [6.07, 6.45) is 0. The number of methoxy groups -OCH3 is 1. The lowest BCUT2D eigenvalue weighted by Gasteiger charge is -2.11. The number of hydrogen-bond acceptors (Lipinski definition) is 3. The number of likely N-dealkylation sites (N-methyl/N-ethyl adjacent to an activating group) is 1. The average Bonchev–Trinajstić information content (AvgIpc) is 2.36. The van der Waals surface area contributed by atoms with E-state index < -0.39 is 0 Å². The van der Waals surface area contributed by atoms with E-state index in [1.807, 2.05) is 6.07 Å². The lowest BCUT2D eigenvalue weighted by Crippen LogP contribution is -2.36. The molecule has 1 rings (SSSR count). The van der Waals surface area contributed by atoms with Gasteiger partial charge in [0.2, 0.25) is 5.91 Å². The SMILES string of the molecule is COCc1cccc(C(=O)NCC(=O)N(C)C)c1. The molecule has 1 N–H and O–H groups in total. The first-order chi connectivity index (χ1) is 8.54. The van der Waals surface area contributed by atoms with Crippen LogP contribution < -0.4 is 5.32 Å². The Kier molecular flexibility index (Phi) is 5.32. The molecule has 2 amide bonds. The molecule has 5 nitrogen and oxygen atoms in total. The molecule has 0 unspecified atom stereocenters. The molecule has 1 aromatic carbocycles. The summed E-state index contributed by atoms with van der Waals surface area (Å²) in [5.41, 5.74) is 1.44. The maximum absolute atomic E-state index is 11.8. The fourth-order valence-corrected chi connectivity index (χ4v) is 1.39. The van der Waals surface area contributed by atoms with Crippen molar-refractivity contribution in [2.45, 2.75) is 6.61 Å². The van der Waals surface area contributed by atoms with Crippen molar-refractivity contribution < 1.29 is 14.3 Å².